The number of hydrogen-bond donors (Lipinski definition) is 0. The first-order chi connectivity index (χ1) is 18.0. The predicted octanol–water partition coefficient (Wildman–Crippen LogP) is 6.74. The molecule has 220 valence electrons. The van der Waals surface area contributed by atoms with Gasteiger partial charge in [-0.1, -0.05) is 121 Å². The zero-order valence-corrected chi connectivity index (χ0v) is 26.8. The molecule has 1 aromatic carbocycles. The maximum absolute atomic E-state index is 12.6. The van der Waals surface area contributed by atoms with E-state index in [1.54, 1.807) is 0 Å². The van der Waals surface area contributed by atoms with E-state index in [9.17, 15) is 4.79 Å². The minimum absolute atomic E-state index is 0. The third-order valence-electron chi connectivity index (χ3n) is 8.45. The van der Waals surface area contributed by atoms with Crippen LogP contribution in [-0.2, 0) is 4.74 Å². The Morgan fingerprint density at radius 1 is 0.737 bits per heavy atom. The highest BCUT2D eigenvalue weighted by Gasteiger charge is 2.33. The summed E-state index contributed by atoms with van der Waals surface area (Å²) >= 11 is 0. The molecule has 0 N–H and O–H groups in total. The minimum atomic E-state index is -0.152. The normalized spacial score (nSPS) is 17.7. The van der Waals surface area contributed by atoms with Crippen molar-refractivity contribution in [3.05, 3.63) is 35.9 Å². The second kappa shape index (κ2) is 21.9. The summed E-state index contributed by atoms with van der Waals surface area (Å²) in [6, 6.07) is 9.48. The number of benzene rings is 1. The lowest BCUT2D eigenvalue weighted by Crippen LogP contribution is -3.00. The van der Waals surface area contributed by atoms with Gasteiger partial charge in [-0.2, -0.15) is 0 Å². The van der Waals surface area contributed by atoms with E-state index in [0.717, 1.165) is 17.4 Å². The van der Waals surface area contributed by atoms with Crippen LogP contribution in [0.1, 0.15) is 146 Å². The average Bonchev–Trinajstić information content (AvgIpc) is 2.90. The second-order valence-electron chi connectivity index (χ2n) is 12.5. The van der Waals surface area contributed by atoms with Crippen molar-refractivity contribution in [1.82, 2.24) is 0 Å². The Bertz CT molecular complexity index is 693. The number of halogens is 1. The van der Waals surface area contributed by atoms with Gasteiger partial charge in [-0.05, 0) is 44.2 Å². The van der Waals surface area contributed by atoms with Crippen molar-refractivity contribution in [1.29, 1.82) is 0 Å². The number of ether oxygens (including phenoxy) is 1. The standard InChI is InChI=1S/C34H60NO2.BrH/c1-4-5-6-7-8-9-10-11-12-13-14-15-16-17-18-24-29-35(2,3)30-32-27-22-23-28-33(32)37-34(36)31-25-20-19-21-26-31;/h19-21,25-26,32-33H,4-18,22-24,27-30H2,1-3H3;1H/q+1;/p-1/t32-,33-;/m1./s1. The maximum atomic E-state index is 12.6. The molecular weight excluding hydrogens is 534 g/mol. The van der Waals surface area contributed by atoms with E-state index >= 15 is 0 Å². The Morgan fingerprint density at radius 2 is 1.21 bits per heavy atom. The van der Waals surface area contributed by atoms with Crippen LogP contribution < -0.4 is 17.0 Å². The molecule has 1 aliphatic carbocycles. The zero-order valence-electron chi connectivity index (χ0n) is 25.2. The van der Waals surface area contributed by atoms with Crippen molar-refractivity contribution in [3.63, 3.8) is 0 Å². The fourth-order valence-electron chi connectivity index (χ4n) is 6.13. The van der Waals surface area contributed by atoms with Crippen molar-refractivity contribution < 1.29 is 31.0 Å². The van der Waals surface area contributed by atoms with Gasteiger partial charge in [0, 0.05) is 5.92 Å². The number of quaternary nitrogens is 1. The third-order valence-corrected chi connectivity index (χ3v) is 8.45. The smallest absolute Gasteiger partial charge is 0.338 e. The van der Waals surface area contributed by atoms with E-state index in [2.05, 4.69) is 21.0 Å². The molecule has 0 heterocycles. The summed E-state index contributed by atoms with van der Waals surface area (Å²) in [4.78, 5) is 12.6. The van der Waals surface area contributed by atoms with Crippen molar-refractivity contribution in [3.8, 4) is 0 Å². The van der Waals surface area contributed by atoms with Crippen LogP contribution >= 0.6 is 0 Å². The summed E-state index contributed by atoms with van der Waals surface area (Å²) in [5, 5.41) is 0. The first kappa shape index (κ1) is 35.2. The number of carbonyl (C=O) groups is 1. The van der Waals surface area contributed by atoms with Gasteiger partial charge in [-0.25, -0.2) is 4.79 Å². The van der Waals surface area contributed by atoms with Crippen molar-refractivity contribution in [2.45, 2.75) is 141 Å². The number of rotatable bonds is 21. The van der Waals surface area contributed by atoms with Crippen molar-refractivity contribution in [2.24, 2.45) is 5.92 Å². The van der Waals surface area contributed by atoms with Crippen LogP contribution in [0.2, 0.25) is 0 Å². The summed E-state index contributed by atoms with van der Waals surface area (Å²) in [5.74, 6) is 0.332. The molecule has 1 aliphatic rings. The molecule has 1 saturated carbocycles. The molecule has 0 amide bonds. The number of unbranched alkanes of at least 4 members (excludes halogenated alkanes) is 15. The van der Waals surface area contributed by atoms with Crippen LogP contribution in [0, 0.1) is 5.92 Å². The third kappa shape index (κ3) is 16.3. The van der Waals surface area contributed by atoms with E-state index in [1.165, 1.54) is 129 Å². The van der Waals surface area contributed by atoms with Crippen LogP contribution in [-0.4, -0.2) is 43.7 Å². The number of hydrogen-bond acceptors (Lipinski definition) is 2. The second-order valence-corrected chi connectivity index (χ2v) is 12.5. The van der Waals surface area contributed by atoms with Gasteiger partial charge in [-0.15, -0.1) is 0 Å². The molecule has 0 aliphatic heterocycles. The van der Waals surface area contributed by atoms with Gasteiger partial charge in [-0.3, -0.25) is 0 Å². The fourth-order valence-corrected chi connectivity index (χ4v) is 6.13. The highest BCUT2D eigenvalue weighted by Crippen LogP contribution is 2.30. The molecule has 2 rings (SSSR count). The Hall–Kier alpha value is -0.870. The largest absolute Gasteiger partial charge is 1.00 e. The molecule has 2 atom stereocenters. The molecule has 4 heteroatoms. The summed E-state index contributed by atoms with van der Waals surface area (Å²) in [6.07, 6.45) is 27.4. The van der Waals surface area contributed by atoms with E-state index in [-0.39, 0.29) is 29.1 Å². The van der Waals surface area contributed by atoms with Gasteiger partial charge in [0.2, 0.25) is 0 Å². The van der Waals surface area contributed by atoms with Crippen LogP contribution in [0.15, 0.2) is 30.3 Å². The van der Waals surface area contributed by atoms with Gasteiger partial charge < -0.3 is 26.2 Å². The molecule has 0 saturated heterocycles. The number of esters is 1. The minimum Gasteiger partial charge on any atom is -1.00 e. The average molecular weight is 595 g/mol. The Morgan fingerprint density at radius 3 is 1.74 bits per heavy atom. The van der Waals surface area contributed by atoms with Gasteiger partial charge in [0.05, 0.1) is 32.7 Å². The molecular formula is C34H60BrNO2. The molecule has 0 bridgehead atoms. The first-order valence-electron chi connectivity index (χ1n) is 16.1. The molecule has 1 fully saturated rings. The molecule has 0 spiro atoms. The summed E-state index contributed by atoms with van der Waals surface area (Å²) in [6.45, 7) is 4.64. The molecule has 0 radical (unpaired) electrons. The Labute approximate surface area is 246 Å². The molecule has 0 aromatic heterocycles. The molecule has 38 heavy (non-hydrogen) atoms. The summed E-state index contributed by atoms with van der Waals surface area (Å²) < 4.78 is 7.07. The number of nitrogens with zero attached hydrogens (tertiary/aromatic N) is 1. The lowest BCUT2D eigenvalue weighted by Gasteiger charge is -2.38. The van der Waals surface area contributed by atoms with Crippen LogP contribution in [0.4, 0.5) is 0 Å². The van der Waals surface area contributed by atoms with Gasteiger partial charge in [0.15, 0.2) is 0 Å². The lowest BCUT2D eigenvalue weighted by atomic mass is 9.85. The predicted molar refractivity (Wildman–Crippen MR) is 159 cm³/mol. The van der Waals surface area contributed by atoms with Crippen LogP contribution in [0.3, 0.4) is 0 Å². The van der Waals surface area contributed by atoms with E-state index in [0.29, 0.717) is 11.5 Å². The fraction of sp³-hybridized carbons (Fsp3) is 0.794. The van der Waals surface area contributed by atoms with E-state index < -0.39 is 0 Å². The monoisotopic (exact) mass is 593 g/mol. The highest BCUT2D eigenvalue weighted by atomic mass is 79.9. The van der Waals surface area contributed by atoms with E-state index in [4.69, 9.17) is 4.74 Å². The molecule has 0 unspecified atom stereocenters. The zero-order chi connectivity index (χ0) is 26.6. The summed E-state index contributed by atoms with van der Waals surface area (Å²) in [5.41, 5.74) is 0.675. The summed E-state index contributed by atoms with van der Waals surface area (Å²) in [7, 11) is 4.74. The van der Waals surface area contributed by atoms with Crippen LogP contribution in [0.25, 0.3) is 0 Å². The van der Waals surface area contributed by atoms with Gasteiger partial charge >= 0.3 is 5.97 Å². The van der Waals surface area contributed by atoms with Crippen LogP contribution in [0.5, 0.6) is 0 Å². The SMILES string of the molecule is CCCCCCCCCCCCCCCCCC[N+](C)(C)C[C@H]1CCCC[C@H]1OC(=O)c1ccccc1.[Br-]. The first-order valence-corrected chi connectivity index (χ1v) is 16.1. The lowest BCUT2D eigenvalue weighted by molar-refractivity contribution is -0.894. The molecule has 3 nitrogen and oxygen atoms in total. The quantitative estimate of drug-likeness (QED) is 0.0895. The highest BCUT2D eigenvalue weighted by molar-refractivity contribution is 5.89. The number of carbonyl (C=O) groups excluding carboxylic acids is 1. The van der Waals surface area contributed by atoms with Gasteiger partial charge in [0.25, 0.3) is 0 Å². The Balaban J connectivity index is 0.00000722. The van der Waals surface area contributed by atoms with Crippen molar-refractivity contribution in [2.75, 3.05) is 27.2 Å². The maximum Gasteiger partial charge on any atom is 0.338 e. The topological polar surface area (TPSA) is 26.3 Å². The van der Waals surface area contributed by atoms with E-state index in [1.807, 2.05) is 30.3 Å². The Kier molecular flexibility index (Phi) is 20.3. The molecule has 1 aromatic rings. The van der Waals surface area contributed by atoms with Crippen molar-refractivity contribution >= 4 is 5.97 Å². The van der Waals surface area contributed by atoms with Gasteiger partial charge in [0.1, 0.15) is 6.10 Å².